The first-order valence-electron chi connectivity index (χ1n) is 10.9. The average Bonchev–Trinajstić information content (AvgIpc) is 2.94. The fraction of sp³-hybridized carbons (Fsp3) is 0.652. The number of amides is 1. The van der Waals surface area contributed by atoms with Crippen molar-refractivity contribution >= 4 is 11.7 Å². The molecule has 0 unspecified atom stereocenters. The molecule has 0 radical (unpaired) electrons. The maximum Gasteiger partial charge on any atom is 0.223 e. The number of piperidine rings is 1. The fourth-order valence-electron chi connectivity index (χ4n) is 4.28. The predicted octanol–water partition coefficient (Wildman–Crippen LogP) is 3.28. The lowest BCUT2D eigenvalue weighted by Crippen LogP contribution is -2.43. The number of carbonyl (C=O) groups is 2. The lowest BCUT2D eigenvalue weighted by atomic mass is 9.92. The van der Waals surface area contributed by atoms with Gasteiger partial charge in [-0.15, -0.1) is 0 Å². The maximum atomic E-state index is 12.8. The maximum absolute atomic E-state index is 12.8. The van der Waals surface area contributed by atoms with Crippen LogP contribution in [-0.2, 0) is 16.1 Å². The molecule has 0 spiro atoms. The Bertz CT molecular complexity index is 721. The second-order valence-corrected chi connectivity index (χ2v) is 8.11. The van der Waals surface area contributed by atoms with Gasteiger partial charge in [-0.05, 0) is 37.5 Å². The fourth-order valence-corrected chi connectivity index (χ4v) is 4.28. The highest BCUT2D eigenvalue weighted by Crippen LogP contribution is 2.30. The van der Waals surface area contributed by atoms with Crippen LogP contribution in [0.15, 0.2) is 18.2 Å². The lowest BCUT2D eigenvalue weighted by molar-refractivity contribution is -0.135. The van der Waals surface area contributed by atoms with Gasteiger partial charge in [0.2, 0.25) is 5.91 Å². The normalized spacial score (nSPS) is 22.4. The summed E-state index contributed by atoms with van der Waals surface area (Å²) < 4.78 is 11.5. The summed E-state index contributed by atoms with van der Waals surface area (Å²) in [6.07, 6.45) is 3.90. The molecule has 3 rings (SSSR count). The molecule has 160 valence electrons. The molecule has 6 nitrogen and oxygen atoms in total. The van der Waals surface area contributed by atoms with Gasteiger partial charge in [0.25, 0.3) is 0 Å². The van der Waals surface area contributed by atoms with Crippen molar-refractivity contribution in [3.05, 3.63) is 23.8 Å². The van der Waals surface area contributed by atoms with E-state index in [2.05, 4.69) is 11.8 Å². The summed E-state index contributed by atoms with van der Waals surface area (Å²) >= 11 is 0. The van der Waals surface area contributed by atoms with E-state index in [1.807, 2.05) is 30.0 Å². The summed E-state index contributed by atoms with van der Waals surface area (Å²) in [6, 6.07) is 5.92. The zero-order chi connectivity index (χ0) is 20.8. The average molecular weight is 403 g/mol. The standard InChI is InChI=1S/C23H34N2O4/c1-4-19-16-24(14-18-13-20(28-3)8-9-22(18)29-19)12-10-23(27)25-11-6-7-17(15-25)21(26)5-2/h8-9,13,17,19H,4-7,10-12,14-16H2,1-3H3/t17-,19+/m1/s1. The van der Waals surface area contributed by atoms with Crippen LogP contribution in [0.25, 0.3) is 0 Å². The Morgan fingerprint density at radius 1 is 1.24 bits per heavy atom. The van der Waals surface area contributed by atoms with Crippen LogP contribution < -0.4 is 9.47 Å². The van der Waals surface area contributed by atoms with E-state index >= 15 is 0 Å². The highest BCUT2D eigenvalue weighted by atomic mass is 16.5. The van der Waals surface area contributed by atoms with E-state index in [1.54, 1.807) is 7.11 Å². The first-order chi connectivity index (χ1) is 14.0. The van der Waals surface area contributed by atoms with E-state index in [1.165, 1.54) is 0 Å². The Morgan fingerprint density at radius 2 is 2.07 bits per heavy atom. The van der Waals surface area contributed by atoms with Gasteiger partial charge in [-0.25, -0.2) is 0 Å². The Hall–Kier alpha value is -2.08. The van der Waals surface area contributed by atoms with E-state index in [9.17, 15) is 9.59 Å². The van der Waals surface area contributed by atoms with Crippen molar-refractivity contribution in [1.29, 1.82) is 0 Å². The second-order valence-electron chi connectivity index (χ2n) is 8.11. The van der Waals surface area contributed by atoms with E-state index in [-0.39, 0.29) is 23.7 Å². The molecular formula is C23H34N2O4. The molecule has 0 aromatic heterocycles. The molecule has 29 heavy (non-hydrogen) atoms. The van der Waals surface area contributed by atoms with Gasteiger partial charge in [0.05, 0.1) is 7.11 Å². The van der Waals surface area contributed by atoms with Crippen molar-refractivity contribution in [3.8, 4) is 11.5 Å². The highest BCUT2D eigenvalue weighted by Gasteiger charge is 2.28. The molecule has 1 amide bonds. The Balaban J connectivity index is 1.61. The monoisotopic (exact) mass is 402 g/mol. The van der Waals surface area contributed by atoms with E-state index in [0.717, 1.165) is 56.0 Å². The number of methoxy groups -OCH3 is 1. The zero-order valence-corrected chi connectivity index (χ0v) is 18.0. The van der Waals surface area contributed by atoms with Gasteiger partial charge in [-0.3, -0.25) is 14.5 Å². The van der Waals surface area contributed by atoms with Gasteiger partial charge in [-0.2, -0.15) is 0 Å². The molecule has 1 aromatic carbocycles. The number of hydrogen-bond acceptors (Lipinski definition) is 5. The Morgan fingerprint density at radius 3 is 2.79 bits per heavy atom. The van der Waals surface area contributed by atoms with Crippen molar-refractivity contribution in [1.82, 2.24) is 9.80 Å². The van der Waals surface area contributed by atoms with Crippen LogP contribution in [0.1, 0.15) is 51.5 Å². The number of nitrogens with zero attached hydrogens (tertiary/aromatic N) is 2. The number of fused-ring (bicyclic) bond motifs is 1. The molecule has 2 atom stereocenters. The van der Waals surface area contributed by atoms with Crippen LogP contribution >= 0.6 is 0 Å². The van der Waals surface area contributed by atoms with Crippen molar-refractivity contribution in [2.45, 2.75) is 58.6 Å². The Labute approximate surface area is 174 Å². The number of rotatable bonds is 7. The first kappa shape index (κ1) is 21.6. The molecule has 1 aromatic rings. The van der Waals surface area contributed by atoms with Crippen LogP contribution in [-0.4, -0.2) is 60.9 Å². The van der Waals surface area contributed by atoms with E-state index in [0.29, 0.717) is 25.9 Å². The molecular weight excluding hydrogens is 368 g/mol. The van der Waals surface area contributed by atoms with Crippen molar-refractivity contribution < 1.29 is 19.1 Å². The van der Waals surface area contributed by atoms with Crippen LogP contribution in [0, 0.1) is 5.92 Å². The number of benzene rings is 1. The van der Waals surface area contributed by atoms with Crippen molar-refractivity contribution in [2.75, 3.05) is 33.3 Å². The molecule has 0 N–H and O–H groups in total. The van der Waals surface area contributed by atoms with Crippen LogP contribution in [0.3, 0.4) is 0 Å². The molecule has 1 saturated heterocycles. The van der Waals surface area contributed by atoms with Crippen LogP contribution in [0.2, 0.25) is 0 Å². The molecule has 2 heterocycles. The summed E-state index contributed by atoms with van der Waals surface area (Å²) in [5.41, 5.74) is 1.10. The lowest BCUT2D eigenvalue weighted by Gasteiger charge is -2.32. The third kappa shape index (κ3) is 5.50. The minimum Gasteiger partial charge on any atom is -0.497 e. The van der Waals surface area contributed by atoms with Gasteiger partial charge in [0, 0.05) is 57.0 Å². The van der Waals surface area contributed by atoms with E-state index < -0.39 is 0 Å². The van der Waals surface area contributed by atoms with Gasteiger partial charge < -0.3 is 14.4 Å². The van der Waals surface area contributed by atoms with Crippen LogP contribution in [0.5, 0.6) is 11.5 Å². The molecule has 0 bridgehead atoms. The molecule has 1 fully saturated rings. The molecule has 2 aliphatic rings. The number of likely N-dealkylation sites (tertiary alicyclic amines) is 1. The summed E-state index contributed by atoms with van der Waals surface area (Å²) in [6.45, 7) is 7.63. The molecule has 0 saturated carbocycles. The largest absolute Gasteiger partial charge is 0.497 e. The third-order valence-corrected chi connectivity index (χ3v) is 6.09. The summed E-state index contributed by atoms with van der Waals surface area (Å²) in [7, 11) is 1.67. The van der Waals surface area contributed by atoms with Crippen molar-refractivity contribution in [2.24, 2.45) is 5.92 Å². The van der Waals surface area contributed by atoms with Gasteiger partial charge >= 0.3 is 0 Å². The zero-order valence-electron chi connectivity index (χ0n) is 18.0. The summed E-state index contributed by atoms with van der Waals surface area (Å²) in [5.74, 6) is 2.18. The second kappa shape index (κ2) is 10.1. The smallest absolute Gasteiger partial charge is 0.223 e. The number of carbonyl (C=O) groups excluding carboxylic acids is 2. The number of Topliss-reactive ketones (excluding diaryl/α,β-unsaturated/α-hetero) is 1. The topological polar surface area (TPSA) is 59.1 Å². The number of ether oxygens (including phenoxy) is 2. The Kier molecular flexibility index (Phi) is 7.53. The minimum atomic E-state index is 0.0214. The third-order valence-electron chi connectivity index (χ3n) is 6.09. The molecule has 2 aliphatic heterocycles. The molecule has 0 aliphatic carbocycles. The first-order valence-corrected chi connectivity index (χ1v) is 10.9. The number of hydrogen-bond donors (Lipinski definition) is 0. The minimum absolute atomic E-state index is 0.0214. The summed E-state index contributed by atoms with van der Waals surface area (Å²) in [5, 5.41) is 0. The SMILES string of the molecule is CCC(=O)[C@@H]1CCCN(C(=O)CCN2Cc3cc(OC)ccc3O[C@@H](CC)C2)C1. The van der Waals surface area contributed by atoms with Gasteiger partial charge in [0.15, 0.2) is 0 Å². The van der Waals surface area contributed by atoms with Gasteiger partial charge in [0.1, 0.15) is 23.4 Å². The quantitative estimate of drug-likeness (QED) is 0.701. The summed E-state index contributed by atoms with van der Waals surface area (Å²) in [4.78, 5) is 29.1. The molecule has 6 heteroatoms. The number of ketones is 1. The highest BCUT2D eigenvalue weighted by molar-refractivity contribution is 5.82. The van der Waals surface area contributed by atoms with Crippen molar-refractivity contribution in [3.63, 3.8) is 0 Å². The van der Waals surface area contributed by atoms with Gasteiger partial charge in [-0.1, -0.05) is 13.8 Å². The van der Waals surface area contributed by atoms with E-state index in [4.69, 9.17) is 9.47 Å². The van der Waals surface area contributed by atoms with Crippen LogP contribution in [0.4, 0.5) is 0 Å². The predicted molar refractivity (Wildman–Crippen MR) is 112 cm³/mol.